The van der Waals surface area contributed by atoms with Crippen molar-refractivity contribution >= 4 is 17.5 Å². The molecule has 1 atom stereocenters. The second-order valence-electron chi connectivity index (χ2n) is 8.91. The van der Waals surface area contributed by atoms with Gasteiger partial charge in [0.2, 0.25) is 0 Å². The van der Waals surface area contributed by atoms with E-state index >= 15 is 0 Å². The van der Waals surface area contributed by atoms with Gasteiger partial charge in [-0.25, -0.2) is 19.2 Å². The number of carbonyl (C=O) groups is 1. The van der Waals surface area contributed by atoms with Gasteiger partial charge in [0.05, 0.1) is 11.3 Å². The molecule has 3 aromatic rings. The van der Waals surface area contributed by atoms with Gasteiger partial charge in [-0.3, -0.25) is 4.98 Å². The first kappa shape index (κ1) is 29.6. The number of piperidine rings is 1. The molecule has 37 heavy (non-hydrogen) atoms. The monoisotopic (exact) mass is 507 g/mol. The van der Waals surface area contributed by atoms with E-state index in [4.69, 9.17) is 9.97 Å². The zero-order chi connectivity index (χ0) is 27.2. The van der Waals surface area contributed by atoms with Gasteiger partial charge < -0.3 is 15.3 Å². The summed E-state index contributed by atoms with van der Waals surface area (Å²) in [5.41, 5.74) is 1.82. The molecular weight excluding hydrogens is 469 g/mol. The van der Waals surface area contributed by atoms with Crippen molar-refractivity contribution in [2.24, 2.45) is 0 Å². The maximum atomic E-state index is 13.6. The lowest BCUT2D eigenvalue weighted by molar-refractivity contribution is 0.0696. The third kappa shape index (κ3) is 9.73. The average molecular weight is 508 g/mol. The minimum absolute atomic E-state index is 0.0877. The summed E-state index contributed by atoms with van der Waals surface area (Å²) in [4.78, 5) is 27.1. The van der Waals surface area contributed by atoms with Gasteiger partial charge >= 0.3 is 5.97 Å². The lowest BCUT2D eigenvalue weighted by atomic mass is 9.97. The van der Waals surface area contributed by atoms with Crippen LogP contribution in [0.2, 0.25) is 0 Å². The number of anilines is 2. The van der Waals surface area contributed by atoms with Gasteiger partial charge in [-0.2, -0.15) is 0 Å². The van der Waals surface area contributed by atoms with E-state index in [0.29, 0.717) is 28.6 Å². The number of pyridine rings is 1. The van der Waals surface area contributed by atoms with Crippen molar-refractivity contribution in [2.45, 2.75) is 52.4 Å². The van der Waals surface area contributed by atoms with E-state index in [0.717, 1.165) is 25.9 Å². The molecule has 1 aromatic carbocycles. The van der Waals surface area contributed by atoms with Crippen molar-refractivity contribution in [1.29, 1.82) is 0 Å². The van der Waals surface area contributed by atoms with Crippen LogP contribution in [0.3, 0.4) is 0 Å². The summed E-state index contributed by atoms with van der Waals surface area (Å²) in [6, 6.07) is 9.41. The van der Waals surface area contributed by atoms with Gasteiger partial charge in [-0.15, -0.1) is 6.58 Å². The summed E-state index contributed by atoms with van der Waals surface area (Å²) < 4.78 is 13.6. The van der Waals surface area contributed by atoms with E-state index in [-0.39, 0.29) is 17.3 Å². The number of nitrogens with one attached hydrogen (secondary N) is 1. The van der Waals surface area contributed by atoms with Gasteiger partial charge in [0, 0.05) is 42.2 Å². The summed E-state index contributed by atoms with van der Waals surface area (Å²) >= 11 is 0. The Balaban J connectivity index is 0.000000616. The molecule has 2 N–H and O–H groups in total. The number of rotatable bonds is 6. The zero-order valence-corrected chi connectivity index (χ0v) is 22.2. The smallest absolute Gasteiger partial charge is 0.337 e. The fourth-order valence-electron chi connectivity index (χ4n) is 3.65. The van der Waals surface area contributed by atoms with Crippen molar-refractivity contribution in [3.05, 3.63) is 78.7 Å². The Morgan fingerprint density at radius 3 is 2.57 bits per heavy atom. The van der Waals surface area contributed by atoms with Gasteiger partial charge in [0.25, 0.3) is 0 Å². The van der Waals surface area contributed by atoms with Crippen molar-refractivity contribution < 1.29 is 14.3 Å². The summed E-state index contributed by atoms with van der Waals surface area (Å²) in [6.45, 7) is 11.5. The number of likely N-dealkylation sites (N-methyl/N-ethyl adjacent to an activating group) is 1. The number of carboxylic acids is 1. The van der Waals surface area contributed by atoms with Crippen molar-refractivity contribution in [1.82, 2.24) is 19.9 Å². The van der Waals surface area contributed by atoms with E-state index in [1.54, 1.807) is 36.5 Å². The fourth-order valence-corrected chi connectivity index (χ4v) is 3.65. The topological polar surface area (TPSA) is 91.2 Å². The van der Waals surface area contributed by atoms with Crippen LogP contribution in [-0.4, -0.2) is 51.1 Å². The number of aromatic carboxylic acids is 1. The van der Waals surface area contributed by atoms with Gasteiger partial charge in [0.15, 0.2) is 0 Å². The van der Waals surface area contributed by atoms with Gasteiger partial charge in [-0.1, -0.05) is 38.8 Å². The van der Waals surface area contributed by atoms with Crippen LogP contribution < -0.4 is 5.32 Å². The van der Waals surface area contributed by atoms with E-state index < -0.39 is 5.97 Å². The molecule has 7 nitrogen and oxygen atoms in total. The third-order valence-electron chi connectivity index (χ3n) is 5.61. The molecule has 4 rings (SSSR count). The number of aromatic nitrogens is 3. The molecule has 0 spiro atoms. The summed E-state index contributed by atoms with van der Waals surface area (Å²) in [6.07, 6.45) is 9.30. The molecule has 3 heterocycles. The van der Waals surface area contributed by atoms with Crippen molar-refractivity contribution in [3.8, 4) is 11.3 Å². The van der Waals surface area contributed by atoms with Crippen LogP contribution in [0.25, 0.3) is 11.3 Å². The summed E-state index contributed by atoms with van der Waals surface area (Å²) in [5, 5.41) is 12.4. The standard InChI is InChI=1S/C22H22FN5O2.C4H10.C3H6/c1-28-7-3-4-14(13-28)21-26-19(15-8-16(22(29)30)12-24-11-15)10-20(27-21)25-18-6-2-5-17(23)9-18;1-3-4-2;1-3-2/h2,5-6,8-12,14H,3-4,7,13H2,1H3,(H,29,30)(H,25,26,27);3-4H2,1-2H3;3H,1H2,2H3. The Morgan fingerprint density at radius 1 is 1.22 bits per heavy atom. The van der Waals surface area contributed by atoms with Gasteiger partial charge in [0.1, 0.15) is 17.5 Å². The summed E-state index contributed by atoms with van der Waals surface area (Å²) in [7, 11) is 2.07. The first-order valence-electron chi connectivity index (χ1n) is 12.7. The molecule has 198 valence electrons. The number of halogens is 1. The highest BCUT2D eigenvalue weighted by molar-refractivity contribution is 5.88. The predicted molar refractivity (Wildman–Crippen MR) is 148 cm³/mol. The lowest BCUT2D eigenvalue weighted by Gasteiger charge is -2.29. The van der Waals surface area contributed by atoms with E-state index in [9.17, 15) is 14.3 Å². The number of likely N-dealkylation sites (tertiary alicyclic amines) is 1. The largest absolute Gasteiger partial charge is 0.478 e. The Bertz CT molecular complexity index is 1150. The number of carboxylic acid groups (broad SMARTS) is 1. The molecule has 0 bridgehead atoms. The second kappa shape index (κ2) is 15.5. The molecule has 1 saturated heterocycles. The number of hydrogen-bond donors (Lipinski definition) is 2. The molecule has 0 saturated carbocycles. The molecule has 1 unspecified atom stereocenters. The van der Waals surface area contributed by atoms with Crippen molar-refractivity contribution in [3.63, 3.8) is 0 Å². The molecule has 1 aliphatic heterocycles. The Kier molecular flexibility index (Phi) is 12.4. The highest BCUT2D eigenvalue weighted by Crippen LogP contribution is 2.29. The number of allylic oxidation sites excluding steroid dienone is 1. The Morgan fingerprint density at radius 2 is 1.95 bits per heavy atom. The minimum Gasteiger partial charge on any atom is -0.478 e. The van der Waals surface area contributed by atoms with Crippen LogP contribution in [0.1, 0.15) is 68.6 Å². The Labute approximate surface area is 219 Å². The quantitative estimate of drug-likeness (QED) is 0.350. The third-order valence-corrected chi connectivity index (χ3v) is 5.61. The van der Waals surface area contributed by atoms with Crippen LogP contribution in [0.15, 0.2) is 61.4 Å². The van der Waals surface area contributed by atoms with Crippen LogP contribution in [0.5, 0.6) is 0 Å². The molecule has 1 aliphatic rings. The Hall–Kier alpha value is -3.65. The molecular formula is C29H38FN5O2. The molecule has 0 amide bonds. The fraction of sp³-hybridized carbons (Fsp3) is 0.379. The molecule has 0 aliphatic carbocycles. The van der Waals surface area contributed by atoms with Crippen molar-refractivity contribution in [2.75, 3.05) is 25.5 Å². The number of hydrogen-bond acceptors (Lipinski definition) is 6. The van der Waals surface area contributed by atoms with E-state index in [1.807, 2.05) is 6.92 Å². The SMILES string of the molecule is C=CC.CCCC.CN1CCCC(c2nc(Nc3cccc(F)c3)cc(-c3cncc(C(=O)O)c3)n2)C1. The van der Waals surface area contributed by atoms with E-state index in [2.05, 4.69) is 42.7 Å². The lowest BCUT2D eigenvalue weighted by Crippen LogP contribution is -2.31. The molecule has 8 heteroatoms. The van der Waals surface area contributed by atoms with Crippen LogP contribution in [-0.2, 0) is 0 Å². The highest BCUT2D eigenvalue weighted by atomic mass is 19.1. The molecule has 2 aromatic heterocycles. The first-order chi connectivity index (χ1) is 17.8. The highest BCUT2D eigenvalue weighted by Gasteiger charge is 2.23. The predicted octanol–water partition coefficient (Wildman–Crippen LogP) is 6.93. The minimum atomic E-state index is -1.05. The summed E-state index contributed by atoms with van der Waals surface area (Å²) in [5.74, 6) is -0.0342. The molecule has 0 radical (unpaired) electrons. The van der Waals surface area contributed by atoms with Crippen LogP contribution in [0.4, 0.5) is 15.9 Å². The second-order valence-corrected chi connectivity index (χ2v) is 8.91. The maximum absolute atomic E-state index is 13.6. The number of nitrogens with zero attached hydrogens (tertiary/aromatic N) is 4. The number of unbranched alkanes of at least 4 members (excludes halogenated alkanes) is 1. The first-order valence-corrected chi connectivity index (χ1v) is 12.7. The van der Waals surface area contributed by atoms with E-state index in [1.165, 1.54) is 31.2 Å². The van der Waals surface area contributed by atoms with Crippen LogP contribution >= 0.6 is 0 Å². The maximum Gasteiger partial charge on any atom is 0.337 e. The van der Waals surface area contributed by atoms with Crippen LogP contribution in [0, 0.1) is 5.82 Å². The van der Waals surface area contributed by atoms with Gasteiger partial charge in [-0.05, 0) is 57.6 Å². The molecule has 1 fully saturated rings. The zero-order valence-electron chi connectivity index (χ0n) is 22.2. The number of benzene rings is 1. The normalized spacial score (nSPS) is 14.9. The average Bonchev–Trinajstić information content (AvgIpc) is 2.89.